The van der Waals surface area contributed by atoms with Crippen LogP contribution >= 0.6 is 0 Å². The number of likely N-dealkylation sites (tertiary alicyclic amines) is 5. The van der Waals surface area contributed by atoms with Crippen molar-refractivity contribution in [2.75, 3.05) is 65.4 Å². The lowest BCUT2D eigenvalue weighted by molar-refractivity contribution is -0.128. The van der Waals surface area contributed by atoms with Gasteiger partial charge in [-0.05, 0) is 64.2 Å². The molecule has 10 heteroatoms. The van der Waals surface area contributed by atoms with Crippen LogP contribution < -0.4 is 0 Å². The first-order chi connectivity index (χ1) is 34.2. The van der Waals surface area contributed by atoms with Gasteiger partial charge in [-0.25, -0.2) is 0 Å². The molecule has 0 saturated carbocycles. The molecule has 0 atom stereocenters. The van der Waals surface area contributed by atoms with E-state index in [1.165, 1.54) is 193 Å². The molecule has 5 heterocycles. The highest BCUT2D eigenvalue weighted by molar-refractivity contribution is 5.79. The van der Waals surface area contributed by atoms with E-state index < -0.39 is 0 Å². The molecular formula is C60H115N5O5. The van der Waals surface area contributed by atoms with Crippen LogP contribution in [0.4, 0.5) is 0 Å². The number of hydrogen-bond donors (Lipinski definition) is 0. The molecule has 0 spiro atoms. The van der Waals surface area contributed by atoms with Crippen LogP contribution in [0.25, 0.3) is 0 Å². The van der Waals surface area contributed by atoms with E-state index in [4.69, 9.17) is 0 Å². The summed E-state index contributed by atoms with van der Waals surface area (Å²) in [6.07, 6.45) is 48.8. The number of unbranched alkanes of at least 4 members (excludes halogenated alkanes) is 25. The molecular weight excluding hydrogens is 871 g/mol. The Kier molecular flexibility index (Phi) is 44.2. The number of carbonyl (C=O) groups is 5. The van der Waals surface area contributed by atoms with Crippen LogP contribution in [0.1, 0.15) is 291 Å². The molecule has 70 heavy (non-hydrogen) atoms. The van der Waals surface area contributed by atoms with Gasteiger partial charge < -0.3 is 24.5 Å². The average molecular weight is 987 g/mol. The largest absolute Gasteiger partial charge is 0.343 e. The van der Waals surface area contributed by atoms with E-state index in [2.05, 4.69) is 34.6 Å². The molecule has 0 radical (unpaired) electrons. The van der Waals surface area contributed by atoms with Gasteiger partial charge in [0.25, 0.3) is 0 Å². The van der Waals surface area contributed by atoms with E-state index >= 15 is 0 Å². The standard InChI is InChI=1S/C14H27NO.C13H25NO.C12H23NO.C11H21NO.C10H19NO/c1-2-3-4-5-6-7-8-9-12-15-13-10-11-14(15)16;1-2-3-4-5-6-7-8-11-14-12-9-10-13(14)15;1-2-3-4-5-6-7-10-13-11-8-9-12(13)14;1-2-3-4-5-6-9-12-10-7-8-11(12)13;1-2-3-4-5-8-11-9-6-7-10(11)12/h2-13H2,1H3;2-12H2,1H3;2-11H2,1H3;2-10H2,1H3;2-9H2,1H3. The van der Waals surface area contributed by atoms with E-state index in [0.717, 1.165) is 130 Å². The maximum atomic E-state index is 11.3. The maximum absolute atomic E-state index is 11.3. The summed E-state index contributed by atoms with van der Waals surface area (Å²) in [6.45, 7) is 21.2. The molecule has 5 fully saturated rings. The van der Waals surface area contributed by atoms with Gasteiger partial charge in [-0.1, -0.05) is 195 Å². The predicted octanol–water partition coefficient (Wildman–Crippen LogP) is 14.8. The zero-order chi connectivity index (χ0) is 51.1. The summed E-state index contributed by atoms with van der Waals surface area (Å²) in [6, 6.07) is 0. The van der Waals surface area contributed by atoms with E-state index in [1.807, 2.05) is 24.5 Å². The summed E-state index contributed by atoms with van der Waals surface area (Å²) in [4.78, 5) is 66.4. The lowest BCUT2D eigenvalue weighted by Crippen LogP contribution is -2.25. The maximum Gasteiger partial charge on any atom is 0.222 e. The van der Waals surface area contributed by atoms with Crippen molar-refractivity contribution in [1.82, 2.24) is 24.5 Å². The van der Waals surface area contributed by atoms with Crippen molar-refractivity contribution in [3.63, 3.8) is 0 Å². The third-order valence-corrected chi connectivity index (χ3v) is 14.8. The van der Waals surface area contributed by atoms with Crippen LogP contribution in [0.5, 0.6) is 0 Å². The van der Waals surface area contributed by atoms with Crippen molar-refractivity contribution in [2.45, 2.75) is 291 Å². The zero-order valence-electron chi connectivity index (χ0n) is 47.1. The van der Waals surface area contributed by atoms with E-state index in [0.29, 0.717) is 29.5 Å². The highest BCUT2D eigenvalue weighted by Gasteiger charge is 2.22. The van der Waals surface area contributed by atoms with Crippen LogP contribution in [0, 0.1) is 0 Å². The first-order valence-corrected chi connectivity index (χ1v) is 30.6. The van der Waals surface area contributed by atoms with Crippen molar-refractivity contribution in [1.29, 1.82) is 0 Å². The molecule has 0 N–H and O–H groups in total. The van der Waals surface area contributed by atoms with Crippen LogP contribution in [0.15, 0.2) is 0 Å². The van der Waals surface area contributed by atoms with Gasteiger partial charge in [0.05, 0.1) is 0 Å². The first-order valence-electron chi connectivity index (χ1n) is 30.6. The van der Waals surface area contributed by atoms with Gasteiger partial charge >= 0.3 is 0 Å². The van der Waals surface area contributed by atoms with Crippen LogP contribution in [0.2, 0.25) is 0 Å². The fourth-order valence-corrected chi connectivity index (χ4v) is 10.1. The fraction of sp³-hybridized carbons (Fsp3) is 0.917. The van der Waals surface area contributed by atoms with Gasteiger partial charge in [0.1, 0.15) is 0 Å². The molecule has 0 aromatic heterocycles. The van der Waals surface area contributed by atoms with Crippen molar-refractivity contribution < 1.29 is 24.0 Å². The average Bonchev–Trinajstić information content (AvgIpc) is 4.23. The van der Waals surface area contributed by atoms with E-state index in [-0.39, 0.29) is 0 Å². The molecule has 10 nitrogen and oxygen atoms in total. The Morgan fingerprint density at radius 3 is 0.514 bits per heavy atom. The Morgan fingerprint density at radius 1 is 0.229 bits per heavy atom. The third kappa shape index (κ3) is 35.5. The van der Waals surface area contributed by atoms with E-state index in [9.17, 15) is 24.0 Å². The van der Waals surface area contributed by atoms with Gasteiger partial charge in [-0.3, -0.25) is 24.0 Å². The van der Waals surface area contributed by atoms with Gasteiger partial charge in [-0.15, -0.1) is 0 Å². The second kappa shape index (κ2) is 47.4. The zero-order valence-corrected chi connectivity index (χ0v) is 47.1. The number of carbonyl (C=O) groups excluding carboxylic acids is 5. The summed E-state index contributed by atoms with van der Waals surface area (Å²) in [5.74, 6) is 1.87. The summed E-state index contributed by atoms with van der Waals surface area (Å²) in [7, 11) is 0. The van der Waals surface area contributed by atoms with E-state index in [1.54, 1.807) is 0 Å². The Morgan fingerprint density at radius 2 is 0.371 bits per heavy atom. The number of amides is 5. The number of nitrogens with zero attached hydrogens (tertiary/aromatic N) is 5. The topological polar surface area (TPSA) is 102 Å². The summed E-state index contributed by atoms with van der Waals surface area (Å²) in [5.41, 5.74) is 0. The number of rotatable bonds is 35. The Hall–Kier alpha value is -2.65. The monoisotopic (exact) mass is 986 g/mol. The fourth-order valence-electron chi connectivity index (χ4n) is 10.1. The van der Waals surface area contributed by atoms with Crippen molar-refractivity contribution in [3.8, 4) is 0 Å². The normalized spacial score (nSPS) is 16.6. The van der Waals surface area contributed by atoms with Crippen LogP contribution in [-0.2, 0) is 24.0 Å². The molecule has 5 saturated heterocycles. The quantitative estimate of drug-likeness (QED) is 0.0589. The predicted molar refractivity (Wildman–Crippen MR) is 296 cm³/mol. The SMILES string of the molecule is CCCCCCCCCCN1CCCC1=O.CCCCCCCCCN1CCCC1=O.CCCCCCCCN1CCCC1=O.CCCCCCCN1CCCC1=O.CCCCCCN1CCCC1=O. The summed E-state index contributed by atoms with van der Waals surface area (Å²) in [5, 5.41) is 0. The van der Waals surface area contributed by atoms with Gasteiger partial charge in [0.2, 0.25) is 29.5 Å². The molecule has 0 aromatic carbocycles. The van der Waals surface area contributed by atoms with Gasteiger partial charge in [0.15, 0.2) is 0 Å². The summed E-state index contributed by atoms with van der Waals surface area (Å²) < 4.78 is 0. The first kappa shape index (κ1) is 65.4. The smallest absolute Gasteiger partial charge is 0.222 e. The van der Waals surface area contributed by atoms with Crippen LogP contribution in [0.3, 0.4) is 0 Å². The molecule has 5 amide bonds. The third-order valence-electron chi connectivity index (χ3n) is 14.8. The van der Waals surface area contributed by atoms with Gasteiger partial charge in [0, 0.05) is 97.6 Å². The molecule has 0 aliphatic carbocycles. The number of hydrogen-bond acceptors (Lipinski definition) is 5. The van der Waals surface area contributed by atoms with Crippen molar-refractivity contribution in [3.05, 3.63) is 0 Å². The molecule has 5 rings (SSSR count). The molecule has 0 bridgehead atoms. The van der Waals surface area contributed by atoms with Gasteiger partial charge in [-0.2, -0.15) is 0 Å². The minimum Gasteiger partial charge on any atom is -0.343 e. The molecule has 0 aromatic rings. The Bertz CT molecular complexity index is 1280. The minimum absolute atomic E-state index is 0.367. The Labute approximate surface area is 433 Å². The molecule has 5 aliphatic rings. The minimum atomic E-state index is 0.367. The lowest BCUT2D eigenvalue weighted by atomic mass is 10.1. The lowest BCUT2D eigenvalue weighted by Gasteiger charge is -2.14. The molecule has 5 aliphatic heterocycles. The molecule has 410 valence electrons. The molecule has 0 unspecified atom stereocenters. The highest BCUT2D eigenvalue weighted by atomic mass is 16.2. The second-order valence-corrected chi connectivity index (χ2v) is 21.3. The van der Waals surface area contributed by atoms with Crippen molar-refractivity contribution >= 4 is 29.5 Å². The highest BCUT2D eigenvalue weighted by Crippen LogP contribution is 2.17. The second-order valence-electron chi connectivity index (χ2n) is 21.3. The Balaban J connectivity index is 0.000000439. The van der Waals surface area contributed by atoms with Crippen LogP contribution in [-0.4, -0.2) is 119 Å². The van der Waals surface area contributed by atoms with Crippen molar-refractivity contribution in [2.24, 2.45) is 0 Å². The summed E-state index contributed by atoms with van der Waals surface area (Å²) >= 11 is 0.